The number of nitrogens with zero attached hydrogens (tertiary/aromatic N) is 2. The number of nitrogens with one attached hydrogen (secondary N) is 2. The summed E-state index contributed by atoms with van der Waals surface area (Å²) in [5.74, 6) is -1.02. The van der Waals surface area contributed by atoms with E-state index in [-0.39, 0.29) is 23.1 Å². The summed E-state index contributed by atoms with van der Waals surface area (Å²) < 4.78 is 5.54. The van der Waals surface area contributed by atoms with Crippen LogP contribution in [0.5, 0.6) is 5.75 Å². The fraction of sp³-hybridized carbons (Fsp3) is 0.250. The lowest BCUT2D eigenvalue weighted by atomic mass is 10.2. The molecule has 0 spiro atoms. The van der Waals surface area contributed by atoms with E-state index in [1.807, 2.05) is 0 Å². The summed E-state index contributed by atoms with van der Waals surface area (Å²) in [6, 6.07) is 6.98. The first kappa shape index (κ1) is 17.7. The highest BCUT2D eigenvalue weighted by Crippen LogP contribution is 2.34. The molecule has 0 unspecified atom stereocenters. The van der Waals surface area contributed by atoms with Crippen molar-refractivity contribution in [3.63, 3.8) is 0 Å². The van der Waals surface area contributed by atoms with E-state index in [2.05, 4.69) is 15.6 Å². The van der Waals surface area contributed by atoms with Crippen LogP contribution in [0, 0.1) is 0 Å². The van der Waals surface area contributed by atoms with Crippen molar-refractivity contribution in [3.8, 4) is 5.75 Å². The summed E-state index contributed by atoms with van der Waals surface area (Å²) in [4.78, 5) is 41.8. The normalized spacial score (nSPS) is 15.8. The third-order valence-corrected chi connectivity index (χ3v) is 4.69. The zero-order chi connectivity index (χ0) is 18.8. The highest BCUT2D eigenvalue weighted by Gasteiger charge is 2.32. The van der Waals surface area contributed by atoms with E-state index < -0.39 is 17.9 Å². The second-order valence-electron chi connectivity index (χ2n) is 5.51. The molecule has 0 radical (unpaired) electrons. The summed E-state index contributed by atoms with van der Waals surface area (Å²) in [7, 11) is 1.64. The Morgan fingerprint density at radius 1 is 1.38 bits per heavy atom. The van der Waals surface area contributed by atoms with Crippen molar-refractivity contribution < 1.29 is 19.1 Å². The molecule has 0 saturated heterocycles. The van der Waals surface area contributed by atoms with Gasteiger partial charge in [-0.2, -0.15) is 0 Å². The molecular weight excluding hydrogens is 358 g/mol. The predicted octanol–water partition coefficient (Wildman–Crippen LogP) is 1.04. The number of hydrogen-bond donors (Lipinski definition) is 3. The SMILES string of the molecule is CNc1nc(C(N)=O)c(NC(=O)CN2C(=O)[C@@H](C)Oc3ccccc32)s1. The Bertz CT molecular complexity index is 881. The lowest BCUT2D eigenvalue weighted by Gasteiger charge is -2.32. The standard InChI is InChI=1S/C16H17N5O4S/c1-8-15(24)21(9-5-3-4-6-10(9)25-8)7-11(22)19-14-12(13(17)23)20-16(18-2)26-14/h3-6,8H,7H2,1-2H3,(H2,17,23)(H,18,20)(H,19,22)/t8-/m1/s1. The van der Waals surface area contributed by atoms with Gasteiger partial charge in [0.25, 0.3) is 11.8 Å². The molecule has 1 aromatic heterocycles. The van der Waals surface area contributed by atoms with E-state index in [9.17, 15) is 14.4 Å². The number of ether oxygens (including phenoxy) is 1. The van der Waals surface area contributed by atoms with E-state index in [1.54, 1.807) is 38.2 Å². The van der Waals surface area contributed by atoms with Gasteiger partial charge in [0.2, 0.25) is 5.91 Å². The molecule has 136 valence electrons. The number of hydrogen-bond acceptors (Lipinski definition) is 7. The maximum atomic E-state index is 12.5. The molecule has 1 aromatic carbocycles. The highest BCUT2D eigenvalue weighted by atomic mass is 32.1. The van der Waals surface area contributed by atoms with Crippen molar-refractivity contribution in [1.82, 2.24) is 4.98 Å². The second-order valence-corrected chi connectivity index (χ2v) is 6.51. The summed E-state index contributed by atoms with van der Waals surface area (Å²) in [6.45, 7) is 1.39. The highest BCUT2D eigenvalue weighted by molar-refractivity contribution is 7.20. The number of thiazole rings is 1. The molecule has 0 saturated carbocycles. The molecule has 10 heteroatoms. The van der Waals surface area contributed by atoms with Crippen LogP contribution < -0.4 is 26.0 Å². The molecule has 0 bridgehead atoms. The van der Waals surface area contributed by atoms with Crippen LogP contribution in [0.25, 0.3) is 0 Å². The zero-order valence-electron chi connectivity index (χ0n) is 14.1. The molecule has 1 atom stereocenters. The number of primary amides is 1. The van der Waals surface area contributed by atoms with Gasteiger partial charge < -0.3 is 21.1 Å². The summed E-state index contributed by atoms with van der Waals surface area (Å²) in [5.41, 5.74) is 5.77. The summed E-state index contributed by atoms with van der Waals surface area (Å²) in [5, 5.41) is 6.06. The van der Waals surface area contributed by atoms with Crippen LogP contribution in [-0.4, -0.2) is 42.4 Å². The van der Waals surface area contributed by atoms with Gasteiger partial charge in [0, 0.05) is 7.05 Å². The van der Waals surface area contributed by atoms with Crippen molar-refractivity contribution in [2.45, 2.75) is 13.0 Å². The molecule has 2 heterocycles. The molecule has 3 rings (SSSR count). The van der Waals surface area contributed by atoms with Gasteiger partial charge in [0.15, 0.2) is 16.9 Å². The Morgan fingerprint density at radius 2 is 2.12 bits per heavy atom. The Balaban J connectivity index is 1.81. The topological polar surface area (TPSA) is 127 Å². The van der Waals surface area contributed by atoms with Crippen molar-refractivity contribution in [2.75, 3.05) is 29.1 Å². The first-order valence-electron chi connectivity index (χ1n) is 7.76. The van der Waals surface area contributed by atoms with Crippen LogP contribution in [0.15, 0.2) is 24.3 Å². The predicted molar refractivity (Wildman–Crippen MR) is 97.7 cm³/mol. The van der Waals surface area contributed by atoms with Crippen LogP contribution in [0.4, 0.5) is 15.8 Å². The van der Waals surface area contributed by atoms with Crippen LogP contribution in [0.1, 0.15) is 17.4 Å². The van der Waals surface area contributed by atoms with Crippen molar-refractivity contribution in [3.05, 3.63) is 30.0 Å². The van der Waals surface area contributed by atoms with Crippen LogP contribution >= 0.6 is 11.3 Å². The van der Waals surface area contributed by atoms with E-state index in [1.165, 1.54) is 4.90 Å². The molecule has 26 heavy (non-hydrogen) atoms. The largest absolute Gasteiger partial charge is 0.479 e. The minimum absolute atomic E-state index is 0.0326. The monoisotopic (exact) mass is 375 g/mol. The van der Waals surface area contributed by atoms with Gasteiger partial charge in [0.05, 0.1) is 5.69 Å². The minimum Gasteiger partial charge on any atom is -0.479 e. The average Bonchev–Trinajstić information content (AvgIpc) is 3.02. The Hall–Kier alpha value is -3.14. The smallest absolute Gasteiger partial charge is 0.270 e. The zero-order valence-corrected chi connectivity index (χ0v) is 14.9. The number of nitrogens with two attached hydrogens (primary N) is 1. The molecule has 4 N–H and O–H groups in total. The van der Waals surface area contributed by atoms with Gasteiger partial charge in [-0.25, -0.2) is 4.98 Å². The number of fused-ring (bicyclic) bond motifs is 1. The molecule has 1 aliphatic rings. The van der Waals surface area contributed by atoms with Crippen LogP contribution in [0.3, 0.4) is 0 Å². The Kier molecular flexibility index (Phi) is 4.76. The van der Waals surface area contributed by atoms with Gasteiger partial charge in [-0.05, 0) is 19.1 Å². The lowest BCUT2D eigenvalue weighted by Crippen LogP contribution is -2.47. The summed E-state index contributed by atoms with van der Waals surface area (Å²) >= 11 is 1.08. The number of aromatic nitrogens is 1. The van der Waals surface area contributed by atoms with Gasteiger partial charge in [-0.1, -0.05) is 23.5 Å². The van der Waals surface area contributed by atoms with E-state index in [0.717, 1.165) is 11.3 Å². The number of benzene rings is 1. The Labute approximate surface area is 153 Å². The average molecular weight is 375 g/mol. The first-order chi connectivity index (χ1) is 12.4. The lowest BCUT2D eigenvalue weighted by molar-refractivity contribution is -0.127. The number of carbonyl (C=O) groups is 3. The number of carbonyl (C=O) groups excluding carboxylic acids is 3. The Morgan fingerprint density at radius 3 is 2.81 bits per heavy atom. The maximum Gasteiger partial charge on any atom is 0.270 e. The minimum atomic E-state index is -0.750. The molecule has 3 amide bonds. The van der Waals surface area contributed by atoms with E-state index in [4.69, 9.17) is 10.5 Å². The number of anilines is 3. The third-order valence-electron chi connectivity index (χ3n) is 3.70. The van der Waals surface area contributed by atoms with Crippen LogP contribution in [-0.2, 0) is 9.59 Å². The first-order valence-corrected chi connectivity index (χ1v) is 8.57. The molecule has 2 aromatic rings. The van der Waals surface area contributed by atoms with Crippen molar-refractivity contribution >= 4 is 44.9 Å². The van der Waals surface area contributed by atoms with E-state index in [0.29, 0.717) is 16.6 Å². The third kappa shape index (κ3) is 3.31. The fourth-order valence-electron chi connectivity index (χ4n) is 2.51. The van der Waals surface area contributed by atoms with Crippen molar-refractivity contribution in [1.29, 1.82) is 0 Å². The van der Waals surface area contributed by atoms with Gasteiger partial charge in [0.1, 0.15) is 17.3 Å². The number of rotatable bonds is 5. The molecule has 0 fully saturated rings. The molecule has 1 aliphatic heterocycles. The van der Waals surface area contributed by atoms with E-state index >= 15 is 0 Å². The summed E-state index contributed by atoms with van der Waals surface area (Å²) in [6.07, 6.45) is -0.696. The van der Waals surface area contributed by atoms with Gasteiger partial charge in [-0.15, -0.1) is 0 Å². The quantitative estimate of drug-likeness (QED) is 0.717. The van der Waals surface area contributed by atoms with Crippen molar-refractivity contribution in [2.24, 2.45) is 5.73 Å². The molecule has 9 nitrogen and oxygen atoms in total. The molecular formula is C16H17N5O4S. The second kappa shape index (κ2) is 7.00. The maximum absolute atomic E-state index is 12.5. The number of para-hydroxylation sites is 2. The van der Waals surface area contributed by atoms with Crippen LogP contribution in [0.2, 0.25) is 0 Å². The van der Waals surface area contributed by atoms with Gasteiger partial charge in [-0.3, -0.25) is 19.3 Å². The molecule has 0 aliphatic carbocycles. The fourth-order valence-corrected chi connectivity index (χ4v) is 3.35. The van der Waals surface area contributed by atoms with Gasteiger partial charge >= 0.3 is 0 Å². The number of amides is 3.